The maximum atomic E-state index is 10.3. The summed E-state index contributed by atoms with van der Waals surface area (Å²) in [5, 5.41) is 11.5. The minimum Gasteiger partial charge on any atom is -0.481 e. The smallest absolute Gasteiger partial charge is 0.305 e. The Morgan fingerprint density at radius 1 is 1.43 bits per heavy atom. The van der Waals surface area contributed by atoms with E-state index in [-0.39, 0.29) is 6.42 Å². The molecule has 2 N–H and O–H groups in total. The van der Waals surface area contributed by atoms with Gasteiger partial charge in [-0.15, -0.1) is 0 Å². The van der Waals surface area contributed by atoms with Crippen LogP contribution < -0.4 is 5.32 Å². The Morgan fingerprint density at radius 2 is 2.00 bits per heavy atom. The van der Waals surface area contributed by atoms with Crippen molar-refractivity contribution < 1.29 is 9.90 Å². The first-order valence-corrected chi connectivity index (χ1v) is 4.49. The molecule has 0 saturated heterocycles. The number of hydrogen-bond acceptors (Lipinski definition) is 3. The van der Waals surface area contributed by atoms with Crippen molar-refractivity contribution >= 4 is 11.7 Å². The molecule has 0 unspecified atom stereocenters. The number of nitrogens with zero attached hydrogens (tertiary/aromatic N) is 1. The van der Waals surface area contributed by atoms with Crippen LogP contribution in [0, 0.1) is 13.8 Å². The summed E-state index contributed by atoms with van der Waals surface area (Å²) in [6.07, 6.45) is 0.125. The van der Waals surface area contributed by atoms with Crippen molar-refractivity contribution in [3.8, 4) is 0 Å². The third kappa shape index (κ3) is 3.43. The molecule has 1 aromatic rings. The Labute approximate surface area is 83.0 Å². The predicted molar refractivity (Wildman–Crippen MR) is 54.5 cm³/mol. The largest absolute Gasteiger partial charge is 0.481 e. The van der Waals surface area contributed by atoms with Gasteiger partial charge in [-0.25, -0.2) is 0 Å². The van der Waals surface area contributed by atoms with Crippen molar-refractivity contribution in [1.29, 1.82) is 0 Å². The van der Waals surface area contributed by atoms with Crippen LogP contribution in [0.5, 0.6) is 0 Å². The van der Waals surface area contributed by atoms with Gasteiger partial charge in [0.05, 0.1) is 6.42 Å². The number of rotatable bonds is 4. The van der Waals surface area contributed by atoms with Crippen LogP contribution in [-0.2, 0) is 4.79 Å². The molecule has 0 aliphatic heterocycles. The Morgan fingerprint density at radius 3 is 2.50 bits per heavy atom. The molecule has 0 spiro atoms. The van der Waals surface area contributed by atoms with Crippen LogP contribution in [0.2, 0.25) is 0 Å². The Hall–Kier alpha value is -1.58. The van der Waals surface area contributed by atoms with E-state index in [0.717, 1.165) is 17.1 Å². The molecule has 1 aromatic heterocycles. The topological polar surface area (TPSA) is 62.2 Å². The first kappa shape index (κ1) is 10.5. The second-order valence-electron chi connectivity index (χ2n) is 3.21. The van der Waals surface area contributed by atoms with E-state index >= 15 is 0 Å². The fraction of sp³-hybridized carbons (Fsp3) is 0.400. The molecular formula is C10H14N2O2. The molecule has 1 rings (SSSR count). The number of pyridine rings is 1. The summed E-state index contributed by atoms with van der Waals surface area (Å²) in [7, 11) is 0. The molecular weight excluding hydrogens is 180 g/mol. The molecule has 0 fully saturated rings. The van der Waals surface area contributed by atoms with Gasteiger partial charge in [0, 0.05) is 23.6 Å². The fourth-order valence-electron chi connectivity index (χ4n) is 1.25. The molecule has 4 nitrogen and oxygen atoms in total. The van der Waals surface area contributed by atoms with Crippen LogP contribution in [0.4, 0.5) is 5.69 Å². The molecule has 0 aliphatic rings. The van der Waals surface area contributed by atoms with Gasteiger partial charge in [-0.05, 0) is 26.0 Å². The van der Waals surface area contributed by atoms with Crippen LogP contribution in [-0.4, -0.2) is 22.6 Å². The predicted octanol–water partition coefficient (Wildman–Crippen LogP) is 1.59. The quantitative estimate of drug-likeness (QED) is 0.764. The monoisotopic (exact) mass is 194 g/mol. The summed E-state index contributed by atoms with van der Waals surface area (Å²) in [5.41, 5.74) is 2.79. The van der Waals surface area contributed by atoms with E-state index in [2.05, 4.69) is 10.3 Å². The Kier molecular flexibility index (Phi) is 3.45. The van der Waals surface area contributed by atoms with Crippen LogP contribution >= 0.6 is 0 Å². The van der Waals surface area contributed by atoms with Gasteiger partial charge in [-0.3, -0.25) is 9.78 Å². The third-order valence-corrected chi connectivity index (χ3v) is 1.75. The molecule has 1 heterocycles. The van der Waals surface area contributed by atoms with Crippen molar-refractivity contribution in [2.24, 2.45) is 0 Å². The minimum atomic E-state index is -0.792. The number of aromatic nitrogens is 1. The normalized spacial score (nSPS) is 9.86. The number of aliphatic carboxylic acids is 1. The zero-order valence-corrected chi connectivity index (χ0v) is 8.37. The molecule has 0 aliphatic carbocycles. The highest BCUT2D eigenvalue weighted by Gasteiger charge is 1.98. The van der Waals surface area contributed by atoms with E-state index < -0.39 is 5.97 Å². The zero-order valence-electron chi connectivity index (χ0n) is 8.37. The first-order chi connectivity index (χ1) is 6.58. The van der Waals surface area contributed by atoms with Crippen molar-refractivity contribution in [1.82, 2.24) is 4.98 Å². The van der Waals surface area contributed by atoms with Crippen LogP contribution in [0.25, 0.3) is 0 Å². The Bertz CT molecular complexity index is 317. The number of carboxylic acid groups (broad SMARTS) is 1. The highest BCUT2D eigenvalue weighted by Crippen LogP contribution is 2.10. The van der Waals surface area contributed by atoms with Crippen molar-refractivity contribution in [2.75, 3.05) is 11.9 Å². The first-order valence-electron chi connectivity index (χ1n) is 4.49. The molecule has 0 radical (unpaired) electrons. The third-order valence-electron chi connectivity index (χ3n) is 1.75. The van der Waals surface area contributed by atoms with Crippen LogP contribution in [0.3, 0.4) is 0 Å². The highest BCUT2D eigenvalue weighted by atomic mass is 16.4. The summed E-state index contributed by atoms with van der Waals surface area (Å²) in [5.74, 6) is -0.792. The van der Waals surface area contributed by atoms with E-state index in [9.17, 15) is 4.79 Å². The van der Waals surface area contributed by atoms with Gasteiger partial charge in [-0.1, -0.05) is 0 Å². The summed E-state index contributed by atoms with van der Waals surface area (Å²) >= 11 is 0. The number of carbonyl (C=O) groups is 1. The minimum absolute atomic E-state index is 0.125. The van der Waals surface area contributed by atoms with Crippen LogP contribution in [0.15, 0.2) is 12.1 Å². The van der Waals surface area contributed by atoms with E-state index in [0.29, 0.717) is 6.54 Å². The molecule has 0 saturated carbocycles. The summed E-state index contributed by atoms with van der Waals surface area (Å²) in [6.45, 7) is 4.27. The van der Waals surface area contributed by atoms with E-state index in [1.54, 1.807) is 0 Å². The lowest BCUT2D eigenvalue weighted by atomic mass is 10.2. The van der Waals surface area contributed by atoms with E-state index in [4.69, 9.17) is 5.11 Å². The van der Waals surface area contributed by atoms with E-state index in [1.165, 1.54) is 0 Å². The summed E-state index contributed by atoms with van der Waals surface area (Å²) in [4.78, 5) is 14.5. The van der Waals surface area contributed by atoms with Crippen LogP contribution in [0.1, 0.15) is 17.8 Å². The molecule has 0 atom stereocenters. The number of aryl methyl sites for hydroxylation is 2. The second-order valence-corrected chi connectivity index (χ2v) is 3.21. The lowest BCUT2D eigenvalue weighted by Gasteiger charge is -2.06. The molecule has 0 amide bonds. The average Bonchev–Trinajstić information content (AvgIpc) is 2.01. The second kappa shape index (κ2) is 4.60. The van der Waals surface area contributed by atoms with Gasteiger partial charge in [-0.2, -0.15) is 0 Å². The van der Waals surface area contributed by atoms with Gasteiger partial charge in [0.2, 0.25) is 0 Å². The maximum Gasteiger partial charge on any atom is 0.305 e. The molecule has 4 heteroatoms. The van der Waals surface area contributed by atoms with Gasteiger partial charge < -0.3 is 10.4 Å². The van der Waals surface area contributed by atoms with Gasteiger partial charge in [0.25, 0.3) is 0 Å². The van der Waals surface area contributed by atoms with Crippen molar-refractivity contribution in [2.45, 2.75) is 20.3 Å². The lowest BCUT2D eigenvalue weighted by molar-refractivity contribution is -0.136. The van der Waals surface area contributed by atoms with Gasteiger partial charge >= 0.3 is 5.97 Å². The molecule has 14 heavy (non-hydrogen) atoms. The fourth-order valence-corrected chi connectivity index (χ4v) is 1.25. The Balaban J connectivity index is 2.54. The molecule has 0 bridgehead atoms. The lowest BCUT2D eigenvalue weighted by Crippen LogP contribution is -2.08. The van der Waals surface area contributed by atoms with Gasteiger partial charge in [0.15, 0.2) is 0 Å². The van der Waals surface area contributed by atoms with Crippen molar-refractivity contribution in [3.05, 3.63) is 23.5 Å². The highest BCUT2D eigenvalue weighted by molar-refractivity contribution is 5.67. The zero-order chi connectivity index (χ0) is 10.6. The number of anilines is 1. The average molecular weight is 194 g/mol. The molecule has 76 valence electrons. The number of hydrogen-bond donors (Lipinski definition) is 2. The maximum absolute atomic E-state index is 10.3. The van der Waals surface area contributed by atoms with E-state index in [1.807, 2.05) is 26.0 Å². The number of nitrogens with one attached hydrogen (secondary N) is 1. The summed E-state index contributed by atoms with van der Waals surface area (Å²) in [6, 6.07) is 3.80. The molecule has 0 aromatic carbocycles. The van der Waals surface area contributed by atoms with Gasteiger partial charge in [0.1, 0.15) is 0 Å². The summed E-state index contributed by atoms with van der Waals surface area (Å²) < 4.78 is 0. The standard InChI is InChI=1S/C10H14N2O2/c1-7-5-9(6-8(2)12-7)11-4-3-10(13)14/h5-6H,3-4H2,1-2H3,(H,11,12)(H,13,14). The van der Waals surface area contributed by atoms with Crippen molar-refractivity contribution in [3.63, 3.8) is 0 Å². The SMILES string of the molecule is Cc1cc(NCCC(=O)O)cc(C)n1. The number of carboxylic acids is 1.